The van der Waals surface area contributed by atoms with Crippen molar-refractivity contribution in [2.75, 3.05) is 11.4 Å². The Morgan fingerprint density at radius 1 is 1.07 bits per heavy atom. The largest absolute Gasteiger partial charge is 0.417 e. The molecule has 0 radical (unpaired) electrons. The number of H-pyrrole nitrogens is 1. The summed E-state index contributed by atoms with van der Waals surface area (Å²) in [6, 6.07) is 20.8. The van der Waals surface area contributed by atoms with E-state index >= 15 is 0 Å². The van der Waals surface area contributed by atoms with Crippen LogP contribution in [-0.4, -0.2) is 33.7 Å². The van der Waals surface area contributed by atoms with Crippen LogP contribution in [0.4, 0.5) is 18.9 Å². The summed E-state index contributed by atoms with van der Waals surface area (Å²) in [6.07, 6.45) is 0.851. The third kappa shape index (κ3) is 7.92. The van der Waals surface area contributed by atoms with E-state index in [9.17, 15) is 27.0 Å². The van der Waals surface area contributed by atoms with Crippen molar-refractivity contribution < 1.29 is 22.2 Å². The number of aryl methyl sites for hydroxylation is 1. The highest BCUT2D eigenvalue weighted by atomic mass is 32.8. The molecule has 3 aromatic carbocycles. The summed E-state index contributed by atoms with van der Waals surface area (Å²) in [4.78, 5) is 29.7. The van der Waals surface area contributed by atoms with Gasteiger partial charge in [0.25, 0.3) is 0 Å². The Bertz CT molecular complexity index is 1820. The zero-order chi connectivity index (χ0) is 32.4. The van der Waals surface area contributed by atoms with Crippen LogP contribution in [0.5, 0.6) is 0 Å². The molecule has 0 aliphatic carbocycles. The van der Waals surface area contributed by atoms with Gasteiger partial charge in [0.15, 0.2) is 0 Å². The van der Waals surface area contributed by atoms with E-state index in [-0.39, 0.29) is 28.9 Å². The number of nitrogens with one attached hydrogen (secondary N) is 2. The van der Waals surface area contributed by atoms with E-state index in [2.05, 4.69) is 23.6 Å². The fourth-order valence-electron chi connectivity index (χ4n) is 5.94. The first-order valence-corrected chi connectivity index (χ1v) is 18.3. The van der Waals surface area contributed by atoms with Crippen LogP contribution >= 0.6 is 8.44 Å². The molecule has 0 saturated carbocycles. The van der Waals surface area contributed by atoms with E-state index in [0.717, 1.165) is 34.4 Å². The van der Waals surface area contributed by atoms with Crippen molar-refractivity contribution in [2.45, 2.75) is 62.0 Å². The van der Waals surface area contributed by atoms with Gasteiger partial charge >= 0.3 is 6.18 Å². The molecule has 0 bridgehead atoms. The molecular weight excluding hydrogens is 618 g/mol. The van der Waals surface area contributed by atoms with E-state index in [1.165, 1.54) is 18.2 Å². The number of carbonyl (C=O) groups excluding carboxylic acids is 1. The van der Waals surface area contributed by atoms with Gasteiger partial charge in [-0.05, 0) is 80.6 Å². The number of pyridine rings is 1. The molecule has 6 nitrogen and oxygen atoms in total. The van der Waals surface area contributed by atoms with Gasteiger partial charge in [-0.1, -0.05) is 60.0 Å². The number of aromatic nitrogens is 1. The summed E-state index contributed by atoms with van der Waals surface area (Å²) in [5.74, 6) is 0.195. The van der Waals surface area contributed by atoms with E-state index in [1.807, 2.05) is 62.4 Å². The highest BCUT2D eigenvalue weighted by Crippen LogP contribution is 2.38. The van der Waals surface area contributed by atoms with Gasteiger partial charge in [0, 0.05) is 58.0 Å². The number of carbonyl (C=O) groups is 1. The molecule has 0 spiro atoms. The number of hydrogen-bond acceptors (Lipinski definition) is 4. The topological polar surface area (TPSA) is 82.3 Å². The molecular formula is C34H37F3N3O3PS. The predicted octanol–water partition coefficient (Wildman–Crippen LogP) is 6.80. The molecule has 2 heterocycles. The number of nitrogens with zero attached hydrogens (tertiary/aromatic N) is 1. The Morgan fingerprint density at radius 3 is 2.47 bits per heavy atom. The molecule has 4 aromatic rings. The van der Waals surface area contributed by atoms with Gasteiger partial charge in [0.2, 0.25) is 11.5 Å². The molecule has 1 aliphatic heterocycles. The molecule has 1 saturated heterocycles. The van der Waals surface area contributed by atoms with Crippen molar-refractivity contribution in [1.82, 2.24) is 10.3 Å². The monoisotopic (exact) mass is 655 g/mol. The lowest BCUT2D eigenvalue weighted by Crippen LogP contribution is -2.37. The van der Waals surface area contributed by atoms with Crippen molar-refractivity contribution in [1.29, 1.82) is 0 Å². The van der Waals surface area contributed by atoms with Gasteiger partial charge in [-0.2, -0.15) is 13.2 Å². The lowest BCUT2D eigenvalue weighted by atomic mass is 10.1. The van der Waals surface area contributed by atoms with Crippen molar-refractivity contribution >= 4 is 46.6 Å². The molecule has 11 heteroatoms. The summed E-state index contributed by atoms with van der Waals surface area (Å²) in [5.41, 5.74) is 2.02. The number of hydrogen-bond donors (Lipinski definition) is 3. The second-order valence-corrected chi connectivity index (χ2v) is 16.6. The molecule has 2 N–H and O–H groups in total. The van der Waals surface area contributed by atoms with Crippen LogP contribution in [0.1, 0.15) is 48.4 Å². The van der Waals surface area contributed by atoms with Crippen LogP contribution in [0.25, 0.3) is 17.0 Å². The Hall–Kier alpha value is -3.75. The Morgan fingerprint density at radius 2 is 1.78 bits per heavy atom. The van der Waals surface area contributed by atoms with E-state index < -0.39 is 26.9 Å². The maximum absolute atomic E-state index is 13.7. The number of halogens is 3. The van der Waals surface area contributed by atoms with Crippen molar-refractivity contribution in [2.24, 2.45) is 0 Å². The Kier molecular flexibility index (Phi) is 9.65. The fraction of sp³-hybridized carbons (Fsp3) is 0.294. The first kappa shape index (κ1) is 32.6. The van der Waals surface area contributed by atoms with Crippen LogP contribution in [0, 0.1) is 6.92 Å². The van der Waals surface area contributed by atoms with Crippen LogP contribution in [0.3, 0.4) is 0 Å². The number of benzene rings is 3. The minimum atomic E-state index is -4.65. The summed E-state index contributed by atoms with van der Waals surface area (Å²) >= 11 is 0. The molecule has 1 aromatic heterocycles. The molecule has 1 aliphatic rings. The number of anilines is 1. The number of aromatic amines is 1. The van der Waals surface area contributed by atoms with Gasteiger partial charge in [-0.15, -0.1) is 0 Å². The quantitative estimate of drug-likeness (QED) is 0.105. The normalized spacial score (nSPS) is 17.7. The molecule has 1 fully saturated rings. The first-order valence-electron chi connectivity index (χ1n) is 14.8. The van der Waals surface area contributed by atoms with Crippen molar-refractivity contribution in [3.63, 3.8) is 0 Å². The summed E-state index contributed by atoms with van der Waals surface area (Å²) < 4.78 is 54.4. The minimum Gasteiger partial charge on any atom is -0.366 e. The van der Waals surface area contributed by atoms with E-state index in [1.54, 1.807) is 12.1 Å². The van der Waals surface area contributed by atoms with Crippen LogP contribution in [-0.2, 0) is 26.3 Å². The van der Waals surface area contributed by atoms with Crippen LogP contribution in [0.15, 0.2) is 88.6 Å². The lowest BCUT2D eigenvalue weighted by molar-refractivity contribution is -0.136. The smallest absolute Gasteiger partial charge is 0.366 e. The highest BCUT2D eigenvalue weighted by Gasteiger charge is 2.35. The lowest BCUT2D eigenvalue weighted by Gasteiger charge is -2.31. The number of alkyl halides is 3. The third-order valence-electron chi connectivity index (χ3n) is 8.29. The molecule has 1 amide bonds. The van der Waals surface area contributed by atoms with Gasteiger partial charge in [0.05, 0.1) is 5.56 Å². The standard InChI is InChI=1S/C34H37F3N3O3PS/c1-22-3-6-25(7-4-22)21-45(43,44)28-13-8-24(9-14-28)10-16-32(41)38-18-17-26-11-5-23(2)40(26)27-12-15-31-29(19-27)30(34(35,36)37)20-33(42)39-31/h3-4,6-10,12-16,19-20,23,26,45H,5,11,17-18,21,44H2,1-2H3,(H,38,41)(H,39,42)/b16-10+/t23-,26-/m1/s1. The Labute approximate surface area is 263 Å². The minimum absolute atomic E-state index is 0.0360. The predicted molar refractivity (Wildman–Crippen MR) is 180 cm³/mol. The van der Waals surface area contributed by atoms with E-state index in [4.69, 9.17) is 0 Å². The van der Waals surface area contributed by atoms with Crippen LogP contribution < -0.4 is 15.8 Å². The molecule has 45 heavy (non-hydrogen) atoms. The summed E-state index contributed by atoms with van der Waals surface area (Å²) in [7, 11) is -0.149. The number of fused-ring (bicyclic) bond motifs is 1. The number of rotatable bonds is 9. The van der Waals surface area contributed by atoms with E-state index in [0.29, 0.717) is 30.5 Å². The van der Waals surface area contributed by atoms with Gasteiger partial charge < -0.3 is 15.2 Å². The van der Waals surface area contributed by atoms with Gasteiger partial charge in [0.1, 0.15) is 0 Å². The zero-order valence-corrected chi connectivity index (χ0v) is 27.2. The fourth-order valence-corrected chi connectivity index (χ4v) is 8.68. The maximum atomic E-state index is 13.7. The van der Waals surface area contributed by atoms with Crippen molar-refractivity contribution in [3.05, 3.63) is 111 Å². The number of amides is 1. The molecule has 5 rings (SSSR count). The van der Waals surface area contributed by atoms with Crippen molar-refractivity contribution in [3.8, 4) is 0 Å². The Balaban J connectivity index is 1.18. The molecule has 238 valence electrons. The van der Waals surface area contributed by atoms with Crippen LogP contribution in [0.2, 0.25) is 0 Å². The SMILES string of the molecule is Cc1ccc(C[SH](=O)(P)c2ccc(/C=C/C(=O)NCC[C@H]3CC[C@@H](C)N3c3ccc4[nH]c(=O)cc(C(F)(F)F)c4c3)cc2)cc1. The first-order chi connectivity index (χ1) is 21.3. The molecule has 1 unspecified atom stereocenters. The summed E-state index contributed by atoms with van der Waals surface area (Å²) in [5, 5.41) is 2.86. The third-order valence-corrected chi connectivity index (χ3v) is 11.7. The second-order valence-electron chi connectivity index (χ2n) is 11.7. The molecule has 3 atom stereocenters. The summed E-state index contributed by atoms with van der Waals surface area (Å²) in [6.45, 7) is 4.45. The number of thiol groups is 1. The average molecular weight is 656 g/mol. The van der Waals surface area contributed by atoms with Gasteiger partial charge in [-0.3, -0.25) is 13.8 Å². The van der Waals surface area contributed by atoms with Gasteiger partial charge in [-0.25, -0.2) is 0 Å². The second kappa shape index (κ2) is 13.3. The maximum Gasteiger partial charge on any atom is 0.417 e. The zero-order valence-electron chi connectivity index (χ0n) is 25.1. The average Bonchev–Trinajstić information content (AvgIpc) is 3.36. The highest BCUT2D eigenvalue weighted by molar-refractivity contribution is 8.44.